The lowest BCUT2D eigenvalue weighted by Crippen LogP contribution is -2.35. The van der Waals surface area contributed by atoms with E-state index in [1.54, 1.807) is 30.3 Å². The van der Waals surface area contributed by atoms with E-state index in [-0.39, 0.29) is 11.9 Å². The Bertz CT molecular complexity index is 715. The van der Waals surface area contributed by atoms with Gasteiger partial charge in [0.05, 0.1) is 6.61 Å². The predicted octanol–water partition coefficient (Wildman–Crippen LogP) is 2.38. The van der Waals surface area contributed by atoms with Crippen LogP contribution in [0.15, 0.2) is 48.8 Å². The molecule has 5 heteroatoms. The van der Waals surface area contributed by atoms with Gasteiger partial charge in [-0.3, -0.25) is 9.78 Å². The second-order valence-electron chi connectivity index (χ2n) is 5.35. The molecule has 2 heterocycles. The average molecular weight is 310 g/mol. The van der Waals surface area contributed by atoms with Crippen molar-refractivity contribution in [1.82, 2.24) is 9.88 Å². The maximum absolute atomic E-state index is 12.6. The number of carbonyl (C=O) groups is 2. The van der Waals surface area contributed by atoms with Crippen LogP contribution in [-0.2, 0) is 16.0 Å². The number of rotatable bonds is 5. The van der Waals surface area contributed by atoms with Crippen molar-refractivity contribution in [3.63, 3.8) is 0 Å². The lowest BCUT2D eigenvalue weighted by molar-refractivity contribution is -0.148. The van der Waals surface area contributed by atoms with Gasteiger partial charge in [-0.2, -0.15) is 0 Å². The highest BCUT2D eigenvalue weighted by atomic mass is 16.5. The van der Waals surface area contributed by atoms with E-state index in [1.165, 1.54) is 0 Å². The highest BCUT2D eigenvalue weighted by Crippen LogP contribution is 2.34. The van der Waals surface area contributed by atoms with Crippen molar-refractivity contribution in [3.05, 3.63) is 65.5 Å². The number of aromatic nitrogens is 1. The van der Waals surface area contributed by atoms with Crippen molar-refractivity contribution in [1.29, 1.82) is 0 Å². The van der Waals surface area contributed by atoms with Gasteiger partial charge in [0.1, 0.15) is 0 Å². The molecule has 0 saturated carbocycles. The Morgan fingerprint density at radius 2 is 1.96 bits per heavy atom. The number of esters is 1. The SMILES string of the molecule is CCOC(=O)C1c2ccccc2C(=O)N1CCc1ccncc1. The van der Waals surface area contributed by atoms with Crippen LogP contribution >= 0.6 is 0 Å². The molecule has 0 fully saturated rings. The molecular weight excluding hydrogens is 292 g/mol. The number of pyridine rings is 1. The number of ether oxygens (including phenoxy) is 1. The summed E-state index contributed by atoms with van der Waals surface area (Å²) in [7, 11) is 0. The van der Waals surface area contributed by atoms with Crippen molar-refractivity contribution in [2.75, 3.05) is 13.2 Å². The van der Waals surface area contributed by atoms with Gasteiger partial charge in [-0.05, 0) is 42.7 Å². The topological polar surface area (TPSA) is 59.5 Å². The minimum Gasteiger partial charge on any atom is -0.464 e. The number of carbonyl (C=O) groups excluding carboxylic acids is 2. The standard InChI is InChI=1S/C18H18N2O3/c1-2-23-18(22)16-14-5-3-4-6-15(14)17(21)20(16)12-9-13-7-10-19-11-8-13/h3-8,10-11,16H,2,9,12H2,1H3. The van der Waals surface area contributed by atoms with Crippen LogP contribution in [0.5, 0.6) is 0 Å². The first kappa shape index (κ1) is 15.2. The molecule has 1 aliphatic heterocycles. The van der Waals surface area contributed by atoms with Gasteiger partial charge in [-0.1, -0.05) is 18.2 Å². The molecule has 1 unspecified atom stereocenters. The van der Waals surface area contributed by atoms with Crippen molar-refractivity contribution >= 4 is 11.9 Å². The Hall–Kier alpha value is -2.69. The van der Waals surface area contributed by atoms with Crippen LogP contribution in [0, 0.1) is 0 Å². The Kier molecular flexibility index (Phi) is 4.37. The normalized spacial score (nSPS) is 16.3. The summed E-state index contributed by atoms with van der Waals surface area (Å²) >= 11 is 0. The first-order valence-electron chi connectivity index (χ1n) is 7.67. The first-order valence-corrected chi connectivity index (χ1v) is 7.67. The average Bonchev–Trinajstić information content (AvgIpc) is 2.87. The summed E-state index contributed by atoms with van der Waals surface area (Å²) in [5.74, 6) is -0.492. The molecule has 2 aromatic rings. The maximum Gasteiger partial charge on any atom is 0.333 e. The van der Waals surface area contributed by atoms with E-state index in [2.05, 4.69) is 4.98 Å². The molecule has 1 aliphatic rings. The van der Waals surface area contributed by atoms with Crippen molar-refractivity contribution < 1.29 is 14.3 Å². The molecular formula is C18H18N2O3. The van der Waals surface area contributed by atoms with Crippen LogP contribution in [-0.4, -0.2) is 34.9 Å². The van der Waals surface area contributed by atoms with Crippen molar-refractivity contribution in [3.8, 4) is 0 Å². The van der Waals surface area contributed by atoms with E-state index in [4.69, 9.17) is 4.74 Å². The molecule has 23 heavy (non-hydrogen) atoms. The molecule has 0 saturated heterocycles. The smallest absolute Gasteiger partial charge is 0.333 e. The molecule has 0 spiro atoms. The number of fused-ring (bicyclic) bond motifs is 1. The zero-order chi connectivity index (χ0) is 16.2. The molecule has 1 aromatic carbocycles. The quantitative estimate of drug-likeness (QED) is 0.796. The zero-order valence-electron chi connectivity index (χ0n) is 12.9. The third-order valence-corrected chi connectivity index (χ3v) is 3.96. The molecule has 118 valence electrons. The number of amides is 1. The van der Waals surface area contributed by atoms with E-state index in [1.807, 2.05) is 30.3 Å². The van der Waals surface area contributed by atoms with Gasteiger partial charge in [0.2, 0.25) is 0 Å². The van der Waals surface area contributed by atoms with Crippen LogP contribution in [0.25, 0.3) is 0 Å². The Labute approximate surface area is 134 Å². The Morgan fingerprint density at radius 3 is 2.70 bits per heavy atom. The minimum absolute atomic E-state index is 0.118. The van der Waals surface area contributed by atoms with E-state index in [0.29, 0.717) is 25.1 Å². The fourth-order valence-corrected chi connectivity index (χ4v) is 2.88. The van der Waals surface area contributed by atoms with Crippen LogP contribution < -0.4 is 0 Å². The molecule has 1 aromatic heterocycles. The van der Waals surface area contributed by atoms with E-state index in [9.17, 15) is 9.59 Å². The largest absolute Gasteiger partial charge is 0.464 e. The molecule has 3 rings (SSSR count). The van der Waals surface area contributed by atoms with Crippen LogP contribution in [0.4, 0.5) is 0 Å². The first-order chi connectivity index (χ1) is 11.2. The third-order valence-electron chi connectivity index (χ3n) is 3.96. The molecule has 0 N–H and O–H groups in total. The van der Waals surface area contributed by atoms with Crippen molar-refractivity contribution in [2.45, 2.75) is 19.4 Å². The summed E-state index contributed by atoms with van der Waals surface area (Å²) in [6.45, 7) is 2.52. The van der Waals surface area contributed by atoms with Crippen LogP contribution in [0.3, 0.4) is 0 Å². The molecule has 1 atom stereocenters. The van der Waals surface area contributed by atoms with Crippen LogP contribution in [0.1, 0.15) is 34.5 Å². The fraction of sp³-hybridized carbons (Fsp3) is 0.278. The highest BCUT2D eigenvalue weighted by Gasteiger charge is 2.41. The molecule has 0 aliphatic carbocycles. The fourth-order valence-electron chi connectivity index (χ4n) is 2.88. The second kappa shape index (κ2) is 6.60. The van der Waals surface area contributed by atoms with Gasteiger partial charge < -0.3 is 9.64 Å². The molecule has 0 radical (unpaired) electrons. The summed E-state index contributed by atoms with van der Waals surface area (Å²) in [4.78, 5) is 30.6. The maximum atomic E-state index is 12.6. The van der Waals surface area contributed by atoms with Gasteiger partial charge in [-0.25, -0.2) is 4.79 Å². The molecule has 0 bridgehead atoms. The van der Waals surface area contributed by atoms with E-state index in [0.717, 1.165) is 11.1 Å². The van der Waals surface area contributed by atoms with Crippen molar-refractivity contribution in [2.24, 2.45) is 0 Å². The second-order valence-corrected chi connectivity index (χ2v) is 5.35. The monoisotopic (exact) mass is 310 g/mol. The lowest BCUT2D eigenvalue weighted by atomic mass is 10.0. The summed E-state index contributed by atoms with van der Waals surface area (Å²) in [5.41, 5.74) is 2.39. The van der Waals surface area contributed by atoms with Crippen LogP contribution in [0.2, 0.25) is 0 Å². The summed E-state index contributed by atoms with van der Waals surface area (Å²) in [6.07, 6.45) is 4.11. The molecule has 5 nitrogen and oxygen atoms in total. The summed E-state index contributed by atoms with van der Waals surface area (Å²) in [5, 5.41) is 0. The van der Waals surface area contributed by atoms with Gasteiger partial charge >= 0.3 is 5.97 Å². The summed E-state index contributed by atoms with van der Waals surface area (Å²) < 4.78 is 5.17. The minimum atomic E-state index is -0.652. The van der Waals surface area contributed by atoms with Gasteiger partial charge in [0.25, 0.3) is 5.91 Å². The van der Waals surface area contributed by atoms with Gasteiger partial charge in [0, 0.05) is 24.5 Å². The summed E-state index contributed by atoms with van der Waals surface area (Å²) in [6, 6.07) is 10.4. The number of benzene rings is 1. The third kappa shape index (κ3) is 2.95. The zero-order valence-corrected chi connectivity index (χ0v) is 12.9. The molecule has 1 amide bonds. The Morgan fingerprint density at radius 1 is 1.22 bits per heavy atom. The lowest BCUT2D eigenvalue weighted by Gasteiger charge is -2.23. The van der Waals surface area contributed by atoms with Gasteiger partial charge in [0.15, 0.2) is 6.04 Å². The highest BCUT2D eigenvalue weighted by molar-refractivity contribution is 6.03. The number of hydrogen-bond acceptors (Lipinski definition) is 4. The van der Waals surface area contributed by atoms with Gasteiger partial charge in [-0.15, -0.1) is 0 Å². The van der Waals surface area contributed by atoms with E-state index >= 15 is 0 Å². The number of hydrogen-bond donors (Lipinski definition) is 0. The Balaban J connectivity index is 1.85. The van der Waals surface area contributed by atoms with E-state index < -0.39 is 6.04 Å². The predicted molar refractivity (Wildman–Crippen MR) is 84.8 cm³/mol. The number of nitrogens with zero attached hydrogens (tertiary/aromatic N) is 2.